The topological polar surface area (TPSA) is 120 Å². The average molecular weight is 688 g/mol. The van der Waals surface area contributed by atoms with E-state index in [1.165, 1.54) is 53.2 Å². The Morgan fingerprint density at radius 2 is 1.57 bits per heavy atom. The van der Waals surface area contributed by atoms with Crippen LogP contribution < -0.4 is 10.6 Å². The Hall–Kier alpha value is -5.98. The molecule has 1 amide bonds. The first kappa shape index (κ1) is 34.4. The number of aliphatic carboxylic acids is 1. The number of hydrogen-bond donors (Lipinski definition) is 3. The monoisotopic (exact) mass is 687 g/mol. The zero-order chi connectivity index (χ0) is 35.7. The molecule has 0 spiro atoms. The van der Waals surface area contributed by atoms with Gasteiger partial charge in [0.1, 0.15) is 34.9 Å². The van der Waals surface area contributed by atoms with Crippen LogP contribution in [0.15, 0.2) is 85.2 Å². The van der Waals surface area contributed by atoms with Gasteiger partial charge in [-0.25, -0.2) is 18.6 Å². The molecule has 2 heterocycles. The third-order valence-corrected chi connectivity index (χ3v) is 7.43. The second-order valence-corrected chi connectivity index (χ2v) is 10.6. The number of benzene rings is 3. The molecule has 49 heavy (non-hydrogen) atoms. The number of fused-ring (bicyclic) bond motifs is 1. The van der Waals surface area contributed by atoms with Gasteiger partial charge in [-0.3, -0.25) is 4.79 Å². The first-order valence-electron chi connectivity index (χ1n) is 14.1. The van der Waals surface area contributed by atoms with E-state index < -0.39 is 71.2 Å². The number of pyridine rings is 1. The number of halogens is 8. The van der Waals surface area contributed by atoms with Gasteiger partial charge in [-0.1, -0.05) is 36.4 Å². The lowest BCUT2D eigenvalue weighted by Gasteiger charge is -2.23. The fourth-order valence-electron chi connectivity index (χ4n) is 5.21. The Labute approximate surface area is 271 Å². The maximum absolute atomic E-state index is 15.0. The minimum atomic E-state index is -4.87. The lowest BCUT2D eigenvalue weighted by atomic mass is 9.97. The van der Waals surface area contributed by atoms with E-state index in [-0.39, 0.29) is 33.6 Å². The summed E-state index contributed by atoms with van der Waals surface area (Å²) in [7, 11) is 0. The van der Waals surface area contributed by atoms with Gasteiger partial charge in [0.05, 0.1) is 17.2 Å². The van der Waals surface area contributed by atoms with Gasteiger partial charge in [-0.05, 0) is 47.5 Å². The number of carboxylic acids is 1. The maximum Gasteiger partial charge on any atom is 0.417 e. The molecule has 0 saturated heterocycles. The maximum atomic E-state index is 15.0. The van der Waals surface area contributed by atoms with Crippen LogP contribution >= 0.6 is 0 Å². The lowest BCUT2D eigenvalue weighted by Crippen LogP contribution is -2.43. The molecule has 252 valence electrons. The van der Waals surface area contributed by atoms with E-state index in [9.17, 15) is 41.0 Å². The molecule has 8 nitrogen and oxygen atoms in total. The highest BCUT2D eigenvalue weighted by atomic mass is 19.4. The first-order chi connectivity index (χ1) is 23.1. The van der Waals surface area contributed by atoms with Crippen LogP contribution in [0.5, 0.6) is 0 Å². The smallest absolute Gasteiger partial charge is 0.417 e. The SMILES string of the molecule is N#Cc1ccc(-c2ccc(CC(NC(=O)c3c(F)cc(N[C@H](c4ccccc4)C(F)(F)F)cc3F)C(=O)O)n3ccnc23)c(C(F)(F)F)c1. The van der Waals surface area contributed by atoms with E-state index in [0.717, 1.165) is 18.2 Å². The van der Waals surface area contributed by atoms with Gasteiger partial charge < -0.3 is 20.1 Å². The van der Waals surface area contributed by atoms with Crippen LogP contribution in [0.3, 0.4) is 0 Å². The predicted octanol–water partition coefficient (Wildman–Crippen LogP) is 7.31. The van der Waals surface area contributed by atoms with Crippen LogP contribution in [0.1, 0.15) is 38.8 Å². The molecule has 0 radical (unpaired) electrons. The fourth-order valence-corrected chi connectivity index (χ4v) is 5.21. The van der Waals surface area contributed by atoms with E-state index in [1.54, 1.807) is 6.07 Å². The number of anilines is 1. The van der Waals surface area contributed by atoms with Crippen molar-refractivity contribution in [3.05, 3.63) is 125 Å². The molecule has 3 N–H and O–H groups in total. The van der Waals surface area contributed by atoms with Crippen molar-refractivity contribution >= 4 is 23.2 Å². The van der Waals surface area contributed by atoms with E-state index in [1.807, 2.05) is 10.6 Å². The summed E-state index contributed by atoms with van der Waals surface area (Å²) in [5.41, 5.74) is -3.75. The Kier molecular flexibility index (Phi) is 9.30. The molecular formula is C33H21F8N5O3. The number of nitrogens with zero attached hydrogens (tertiary/aromatic N) is 3. The zero-order valence-electron chi connectivity index (χ0n) is 24.6. The summed E-state index contributed by atoms with van der Waals surface area (Å²) < 4.78 is 114. The summed E-state index contributed by atoms with van der Waals surface area (Å²) >= 11 is 0. The van der Waals surface area contributed by atoms with Crippen molar-refractivity contribution in [2.24, 2.45) is 0 Å². The second kappa shape index (κ2) is 13.3. The summed E-state index contributed by atoms with van der Waals surface area (Å²) in [5, 5.41) is 22.9. The van der Waals surface area contributed by atoms with Crippen molar-refractivity contribution in [1.29, 1.82) is 5.26 Å². The van der Waals surface area contributed by atoms with Gasteiger partial charge in [0.25, 0.3) is 5.91 Å². The van der Waals surface area contributed by atoms with Crippen molar-refractivity contribution in [1.82, 2.24) is 14.7 Å². The van der Waals surface area contributed by atoms with Crippen LogP contribution in [-0.4, -0.2) is 38.6 Å². The highest BCUT2D eigenvalue weighted by Crippen LogP contribution is 2.39. The van der Waals surface area contributed by atoms with E-state index in [0.29, 0.717) is 18.2 Å². The van der Waals surface area contributed by atoms with E-state index >= 15 is 8.78 Å². The summed E-state index contributed by atoms with van der Waals surface area (Å²) in [6, 6.07) is 10.3. The first-order valence-corrected chi connectivity index (χ1v) is 14.1. The summed E-state index contributed by atoms with van der Waals surface area (Å²) in [4.78, 5) is 29.2. The van der Waals surface area contributed by atoms with Gasteiger partial charge in [0, 0.05) is 35.8 Å². The number of imidazole rings is 1. The molecule has 0 aliphatic heterocycles. The van der Waals surface area contributed by atoms with Gasteiger partial charge >= 0.3 is 18.3 Å². The number of nitriles is 1. The summed E-state index contributed by atoms with van der Waals surface area (Å²) in [5.74, 6) is -6.34. The largest absolute Gasteiger partial charge is 0.480 e. The standard InChI is InChI=1S/C33H21F8N5O3/c34-24-13-19(44-28(33(39,40)41)18-4-2-1-3-5-18)14-25(35)27(24)30(47)45-26(31(48)49)15-20-7-9-22(29-43-10-11-46(20)29)21-8-6-17(16-42)12-23(21)32(36,37)38/h1-14,26,28,44H,15H2,(H,45,47)(H,48,49)/t26?,28-/m1/s1. The third-order valence-electron chi connectivity index (χ3n) is 7.43. The van der Waals surface area contributed by atoms with Crippen LogP contribution in [0.25, 0.3) is 16.8 Å². The number of amides is 1. The highest BCUT2D eigenvalue weighted by Gasteiger charge is 2.41. The van der Waals surface area contributed by atoms with Crippen LogP contribution in [-0.2, 0) is 17.4 Å². The number of hydrogen-bond acceptors (Lipinski definition) is 5. The van der Waals surface area contributed by atoms with Gasteiger partial charge in [-0.2, -0.15) is 31.6 Å². The number of rotatable bonds is 9. The molecule has 0 aliphatic rings. The Morgan fingerprint density at radius 3 is 2.16 bits per heavy atom. The molecular weight excluding hydrogens is 666 g/mol. The number of nitrogens with one attached hydrogen (secondary N) is 2. The van der Waals surface area contributed by atoms with E-state index in [4.69, 9.17) is 5.26 Å². The van der Waals surface area contributed by atoms with E-state index in [2.05, 4.69) is 4.98 Å². The second-order valence-electron chi connectivity index (χ2n) is 10.6. The molecule has 0 aliphatic carbocycles. The van der Waals surface area contributed by atoms with Crippen molar-refractivity contribution < 1.29 is 49.8 Å². The van der Waals surface area contributed by atoms with Crippen LogP contribution in [0, 0.1) is 23.0 Å². The van der Waals surface area contributed by atoms with Gasteiger partial charge in [-0.15, -0.1) is 0 Å². The number of aromatic nitrogens is 2. The van der Waals surface area contributed by atoms with Gasteiger partial charge in [0.2, 0.25) is 0 Å². The zero-order valence-corrected chi connectivity index (χ0v) is 24.6. The minimum absolute atomic E-state index is 0.0145. The Bertz CT molecular complexity index is 2070. The van der Waals surface area contributed by atoms with Crippen molar-refractivity contribution in [2.45, 2.75) is 30.9 Å². The highest BCUT2D eigenvalue weighted by molar-refractivity contribution is 5.97. The molecule has 2 aromatic heterocycles. The molecule has 2 atom stereocenters. The molecule has 5 aromatic rings. The normalized spacial score (nSPS) is 13.0. The minimum Gasteiger partial charge on any atom is -0.480 e. The van der Waals surface area contributed by atoms with Crippen LogP contribution in [0.2, 0.25) is 0 Å². The molecule has 16 heteroatoms. The van der Waals surface area contributed by atoms with Gasteiger partial charge in [0.15, 0.2) is 0 Å². The average Bonchev–Trinajstić information content (AvgIpc) is 3.53. The third kappa shape index (κ3) is 7.30. The number of carbonyl (C=O) groups is 2. The van der Waals surface area contributed by atoms with Crippen molar-refractivity contribution in [2.75, 3.05) is 5.32 Å². The number of carbonyl (C=O) groups excluding carboxylic acids is 1. The number of carboxylic acid groups (broad SMARTS) is 1. The molecule has 1 unspecified atom stereocenters. The number of alkyl halides is 6. The molecule has 0 bridgehead atoms. The van der Waals surface area contributed by atoms with Crippen LogP contribution in [0.4, 0.5) is 40.8 Å². The molecule has 3 aromatic carbocycles. The lowest BCUT2D eigenvalue weighted by molar-refractivity contribution is -0.144. The Balaban J connectivity index is 1.41. The molecule has 0 fully saturated rings. The molecule has 0 saturated carbocycles. The Morgan fingerprint density at radius 1 is 0.918 bits per heavy atom. The van der Waals surface area contributed by atoms with Crippen molar-refractivity contribution in [3.8, 4) is 17.2 Å². The summed E-state index contributed by atoms with van der Waals surface area (Å²) in [6.45, 7) is 0. The summed E-state index contributed by atoms with van der Waals surface area (Å²) in [6.07, 6.45) is -7.71. The quantitative estimate of drug-likeness (QED) is 0.140. The fraction of sp³-hybridized carbons (Fsp3) is 0.152. The van der Waals surface area contributed by atoms with Crippen molar-refractivity contribution in [3.63, 3.8) is 0 Å². The molecule has 5 rings (SSSR count). The predicted molar refractivity (Wildman–Crippen MR) is 158 cm³/mol.